The monoisotopic (exact) mass is 1440 g/mol. The number of aliphatic hydroxyl groups excluding tert-OH is 2. The summed E-state index contributed by atoms with van der Waals surface area (Å²) in [5, 5.41) is 60.3. The quantitative estimate of drug-likeness (QED) is 0.0261. The number of likely N-dealkylation sites (tertiary alicyclic amines) is 1. The van der Waals surface area contributed by atoms with Crippen molar-refractivity contribution in [3.05, 3.63) is 0 Å². The second-order valence-corrected chi connectivity index (χ2v) is 27.2. The molecule has 0 aromatic rings. The molecule has 0 unspecified atom stereocenters. The number of amides is 15. The van der Waals surface area contributed by atoms with Crippen molar-refractivity contribution >= 4 is 94.6 Å². The highest BCUT2D eigenvalue weighted by molar-refractivity contribution is 6.00. The maximum absolute atomic E-state index is 14.2. The Hall–Kier alpha value is -8.60. The molecule has 1 heterocycles. The summed E-state index contributed by atoms with van der Waals surface area (Å²) in [6, 6.07) is -16.6. The van der Waals surface area contributed by atoms with Crippen molar-refractivity contribution in [2.45, 2.75) is 264 Å². The van der Waals surface area contributed by atoms with Crippen LogP contribution in [0.2, 0.25) is 0 Å². The van der Waals surface area contributed by atoms with Gasteiger partial charge in [-0.3, -0.25) is 76.7 Å². The van der Waals surface area contributed by atoms with Gasteiger partial charge in [-0.15, -0.1) is 0 Å². The number of unbranched alkanes of at least 4 members (excludes halogenated alkanes) is 3. The lowest BCUT2D eigenvalue weighted by Gasteiger charge is -2.29. The van der Waals surface area contributed by atoms with Crippen molar-refractivity contribution in [3.63, 3.8) is 0 Å². The number of nitrogens with zero attached hydrogens (tertiary/aromatic N) is 1. The first-order valence-electron chi connectivity index (χ1n) is 35.0. The lowest BCUT2D eigenvalue weighted by atomic mass is 9.99. The third-order valence-electron chi connectivity index (χ3n) is 16.5. The molecule has 1 aliphatic heterocycles. The number of nitrogens with two attached hydrogens (primary N) is 3. The van der Waals surface area contributed by atoms with Gasteiger partial charge in [0.1, 0.15) is 72.5 Å². The third kappa shape index (κ3) is 34.6. The molecular weight excluding hydrogens is 1320 g/mol. The van der Waals surface area contributed by atoms with Crippen LogP contribution < -0.4 is 81.0 Å². The zero-order chi connectivity index (χ0) is 76.8. The standard InChI is InChI=1S/C66H116N16O19/c1-12-14-19-40(55(69)90)72-56(91)42(21-16-17-27-67)73-57(92)41(20-15-13-2)74-63(98)48(33-83)80-60(95)45(29-35(3)4)71-52(87)32-70-66(101)54(38(9)10)81-64(99)49(34-84)79-59(94)43(23-25-51(68)86)75-61(96)46(30-36(5)6)78-62(97)47(31-37(7)8)77-58(93)44(24-26-53(88)89)76-65(100)50-22-18-28-82(50)39(11)85/h35-38,40-50,54,83-84H,12-34,67H2,1-11H3,(H2,68,86)(H2,69,90)(H,70,101)(H,71,87)(H,72,91)(H,73,92)(H,74,98)(H,75,96)(H,76,100)(H,77,93)(H,78,97)(H,79,94)(H,80,95)(H,81,99)(H,88,89)/t40-,41-,42-,43-,44-,45-,46-,47-,48-,49-,50-,54-/m0/s1. The normalized spacial score (nSPS) is 16.1. The van der Waals surface area contributed by atoms with Crippen LogP contribution >= 0.6 is 0 Å². The number of rotatable bonds is 50. The second-order valence-electron chi connectivity index (χ2n) is 27.2. The lowest BCUT2D eigenvalue weighted by Crippen LogP contribution is -2.61. The Balaban J connectivity index is 3.31. The minimum Gasteiger partial charge on any atom is -0.481 e. The molecule has 101 heavy (non-hydrogen) atoms. The molecule has 0 aromatic heterocycles. The van der Waals surface area contributed by atoms with Gasteiger partial charge >= 0.3 is 5.97 Å². The zero-order valence-corrected chi connectivity index (χ0v) is 60.6. The number of carbonyl (C=O) groups is 16. The van der Waals surface area contributed by atoms with Crippen molar-refractivity contribution < 1.29 is 92.0 Å². The molecule has 1 aliphatic rings. The van der Waals surface area contributed by atoms with Crippen LogP contribution in [-0.2, 0) is 76.7 Å². The van der Waals surface area contributed by atoms with E-state index in [0.29, 0.717) is 58.0 Å². The molecule has 1 saturated heterocycles. The van der Waals surface area contributed by atoms with Gasteiger partial charge in [0.15, 0.2) is 0 Å². The van der Waals surface area contributed by atoms with Gasteiger partial charge in [0.25, 0.3) is 0 Å². The number of carboxylic acid groups (broad SMARTS) is 1. The number of nitrogens with one attached hydrogen (secondary N) is 12. The molecule has 21 N–H and O–H groups in total. The van der Waals surface area contributed by atoms with E-state index in [-0.39, 0.29) is 68.6 Å². The summed E-state index contributed by atoms with van der Waals surface area (Å²) in [5.41, 5.74) is 16.7. The number of aliphatic carboxylic acids is 1. The summed E-state index contributed by atoms with van der Waals surface area (Å²) in [5.74, 6) is -15.8. The van der Waals surface area contributed by atoms with E-state index in [1.165, 1.54) is 25.7 Å². The molecule has 35 heteroatoms. The molecule has 0 spiro atoms. The Bertz CT molecular complexity index is 2790. The number of primary amides is 2. The summed E-state index contributed by atoms with van der Waals surface area (Å²) >= 11 is 0. The highest BCUT2D eigenvalue weighted by Gasteiger charge is 2.39. The predicted molar refractivity (Wildman–Crippen MR) is 368 cm³/mol. The highest BCUT2D eigenvalue weighted by atomic mass is 16.4. The summed E-state index contributed by atoms with van der Waals surface area (Å²) in [4.78, 5) is 215. The van der Waals surface area contributed by atoms with Gasteiger partial charge < -0.3 is 101 Å². The molecule has 15 amide bonds. The van der Waals surface area contributed by atoms with E-state index in [1.807, 2.05) is 13.8 Å². The van der Waals surface area contributed by atoms with Gasteiger partial charge in [0, 0.05) is 26.3 Å². The Labute approximate surface area is 591 Å². The van der Waals surface area contributed by atoms with E-state index in [1.54, 1.807) is 41.5 Å². The minimum absolute atomic E-state index is 0.0190. The van der Waals surface area contributed by atoms with Gasteiger partial charge in [0.05, 0.1) is 19.8 Å². The number of carbonyl (C=O) groups excluding carboxylic acids is 15. The summed E-state index contributed by atoms with van der Waals surface area (Å²) in [6.45, 7) is 16.2. The average Bonchev–Trinajstić information content (AvgIpc) is 1.83. The molecule has 0 radical (unpaired) electrons. The van der Waals surface area contributed by atoms with E-state index in [4.69, 9.17) is 17.2 Å². The van der Waals surface area contributed by atoms with E-state index < -0.39 is 206 Å². The molecule has 574 valence electrons. The van der Waals surface area contributed by atoms with Crippen molar-refractivity contribution in [1.82, 2.24) is 68.7 Å². The van der Waals surface area contributed by atoms with Crippen LogP contribution in [0.15, 0.2) is 0 Å². The largest absolute Gasteiger partial charge is 0.481 e. The van der Waals surface area contributed by atoms with Crippen molar-refractivity contribution in [2.75, 3.05) is 32.8 Å². The fraction of sp³-hybridized carbons (Fsp3) is 0.758. The number of hydrogen-bond acceptors (Lipinski definition) is 19. The summed E-state index contributed by atoms with van der Waals surface area (Å²) in [7, 11) is 0. The predicted octanol–water partition coefficient (Wildman–Crippen LogP) is -3.65. The van der Waals surface area contributed by atoms with Crippen molar-refractivity contribution in [1.29, 1.82) is 0 Å². The van der Waals surface area contributed by atoms with Crippen LogP contribution in [-0.4, -0.2) is 220 Å². The maximum atomic E-state index is 14.2. The van der Waals surface area contributed by atoms with Gasteiger partial charge in [-0.2, -0.15) is 0 Å². The molecule has 12 atom stereocenters. The average molecular weight is 1440 g/mol. The van der Waals surface area contributed by atoms with Crippen LogP contribution in [0.3, 0.4) is 0 Å². The molecule has 0 saturated carbocycles. The van der Waals surface area contributed by atoms with E-state index in [9.17, 15) is 92.0 Å². The molecule has 0 bridgehead atoms. The summed E-state index contributed by atoms with van der Waals surface area (Å²) in [6.07, 6.45) is 2.55. The number of carboxylic acids is 1. The first kappa shape index (κ1) is 90.4. The number of hydrogen-bond donors (Lipinski definition) is 18. The molecule has 0 aromatic carbocycles. The van der Waals surface area contributed by atoms with Crippen LogP contribution in [0.1, 0.15) is 192 Å². The Morgan fingerprint density at radius 3 is 1.21 bits per heavy atom. The molecule has 1 fully saturated rings. The fourth-order valence-electron chi connectivity index (χ4n) is 10.9. The SMILES string of the molecule is CCCC[C@H](NC(=O)[C@H](CCCCN)NC(=O)[C@H](CCCC)NC(=O)[C@H](CO)NC(=O)[C@H](CC(C)C)NC(=O)CNC(=O)[C@@H](NC(=O)[C@H](CO)NC(=O)[C@H](CCC(N)=O)NC(=O)[C@H](CC(C)C)NC(=O)[C@H](CC(C)C)NC(=O)[C@H](CCC(=O)O)NC(=O)[C@@H]1CCCN1C(C)=O)C(C)C)C(N)=O. The van der Waals surface area contributed by atoms with E-state index in [2.05, 4.69) is 63.8 Å². The van der Waals surface area contributed by atoms with Gasteiger partial charge in [0.2, 0.25) is 88.6 Å². The van der Waals surface area contributed by atoms with Crippen LogP contribution in [0.25, 0.3) is 0 Å². The first-order chi connectivity index (χ1) is 47.4. The van der Waals surface area contributed by atoms with E-state index in [0.717, 1.165) is 6.42 Å². The Morgan fingerprint density at radius 2 is 0.812 bits per heavy atom. The Kier molecular flexibility index (Phi) is 42.5. The van der Waals surface area contributed by atoms with Crippen LogP contribution in [0, 0.1) is 23.7 Å². The number of aliphatic hydroxyl groups is 2. The molecule has 0 aliphatic carbocycles. The fourth-order valence-corrected chi connectivity index (χ4v) is 10.9. The Morgan fingerprint density at radius 1 is 0.446 bits per heavy atom. The maximum Gasteiger partial charge on any atom is 0.303 e. The first-order valence-corrected chi connectivity index (χ1v) is 35.0. The molecule has 35 nitrogen and oxygen atoms in total. The zero-order valence-electron chi connectivity index (χ0n) is 60.6. The van der Waals surface area contributed by atoms with Gasteiger partial charge in [-0.1, -0.05) is 94.9 Å². The van der Waals surface area contributed by atoms with Crippen molar-refractivity contribution in [2.24, 2.45) is 40.9 Å². The molecular formula is C66H116N16O19. The van der Waals surface area contributed by atoms with Crippen molar-refractivity contribution in [3.8, 4) is 0 Å². The van der Waals surface area contributed by atoms with Crippen LogP contribution in [0.5, 0.6) is 0 Å². The molecule has 1 rings (SSSR count). The smallest absolute Gasteiger partial charge is 0.303 e. The minimum atomic E-state index is -1.82. The second kappa shape index (κ2) is 47.5. The highest BCUT2D eigenvalue weighted by Crippen LogP contribution is 2.19. The van der Waals surface area contributed by atoms with E-state index >= 15 is 0 Å². The van der Waals surface area contributed by atoms with Gasteiger partial charge in [-0.25, -0.2) is 0 Å². The summed E-state index contributed by atoms with van der Waals surface area (Å²) < 4.78 is 0. The topological polar surface area (TPSA) is 559 Å². The van der Waals surface area contributed by atoms with Gasteiger partial charge in [-0.05, 0) is 107 Å². The van der Waals surface area contributed by atoms with Crippen LogP contribution in [0.4, 0.5) is 0 Å². The lowest BCUT2D eigenvalue weighted by molar-refractivity contribution is -0.140. The third-order valence-corrected chi connectivity index (χ3v) is 16.5.